The van der Waals surface area contributed by atoms with Crippen molar-refractivity contribution in [2.24, 2.45) is 0 Å². The van der Waals surface area contributed by atoms with E-state index in [2.05, 4.69) is 0 Å². The lowest BCUT2D eigenvalue weighted by atomic mass is 10.1. The smallest absolute Gasteiger partial charge is 0.265 e. The van der Waals surface area contributed by atoms with Crippen LogP contribution in [0.2, 0.25) is 0 Å². The van der Waals surface area contributed by atoms with Crippen molar-refractivity contribution >= 4 is 15.7 Å². The van der Waals surface area contributed by atoms with Gasteiger partial charge in [-0.25, -0.2) is 8.42 Å². The summed E-state index contributed by atoms with van der Waals surface area (Å²) in [6.45, 7) is 6.15. The largest absolute Gasteiger partial charge is 0.497 e. The number of ether oxygens (including phenoxy) is 2. The first-order valence-corrected chi connectivity index (χ1v) is 9.20. The Balaban J connectivity index is 2.16. The minimum atomic E-state index is -3.68. The van der Waals surface area contributed by atoms with E-state index >= 15 is 0 Å². The molecule has 0 fully saturated rings. The molecular weight excluding hydrogens is 326 g/mol. The summed E-state index contributed by atoms with van der Waals surface area (Å²) in [5, 5.41) is 0. The molecule has 0 spiro atoms. The topological polar surface area (TPSA) is 55.8 Å². The first kappa shape index (κ1) is 16.6. The second-order valence-electron chi connectivity index (χ2n) is 5.99. The lowest BCUT2D eigenvalue weighted by molar-refractivity contribution is 0.315. The third-order valence-corrected chi connectivity index (χ3v) is 6.27. The molecule has 1 aliphatic rings. The highest BCUT2D eigenvalue weighted by Crippen LogP contribution is 2.38. The molecule has 0 unspecified atom stereocenters. The minimum Gasteiger partial charge on any atom is -0.497 e. The molecule has 0 saturated carbocycles. The van der Waals surface area contributed by atoms with E-state index in [9.17, 15) is 8.42 Å². The van der Waals surface area contributed by atoms with E-state index in [-0.39, 0.29) is 0 Å². The Kier molecular flexibility index (Phi) is 4.17. The van der Waals surface area contributed by atoms with E-state index in [1.54, 1.807) is 33.1 Å². The zero-order chi connectivity index (χ0) is 17.5. The first-order valence-electron chi connectivity index (χ1n) is 7.76. The molecule has 0 aromatic heterocycles. The summed E-state index contributed by atoms with van der Waals surface area (Å²) in [7, 11) is -2.11. The van der Waals surface area contributed by atoms with Crippen LogP contribution in [-0.2, 0) is 10.0 Å². The first-order chi connectivity index (χ1) is 11.3. The van der Waals surface area contributed by atoms with Crippen molar-refractivity contribution < 1.29 is 17.9 Å². The maximum atomic E-state index is 13.3. The molecule has 0 saturated heterocycles. The number of fused-ring (bicyclic) bond motifs is 1. The molecule has 2 aromatic rings. The van der Waals surface area contributed by atoms with Gasteiger partial charge in [0.05, 0.1) is 24.2 Å². The van der Waals surface area contributed by atoms with Gasteiger partial charge in [0.15, 0.2) is 0 Å². The Labute approximate surface area is 142 Å². The lowest BCUT2D eigenvalue weighted by Gasteiger charge is -2.31. The lowest BCUT2D eigenvalue weighted by Crippen LogP contribution is -2.38. The molecule has 128 valence electrons. The second-order valence-corrected chi connectivity index (χ2v) is 7.79. The van der Waals surface area contributed by atoms with Gasteiger partial charge in [0.1, 0.15) is 18.1 Å². The van der Waals surface area contributed by atoms with Crippen molar-refractivity contribution in [1.29, 1.82) is 0 Å². The van der Waals surface area contributed by atoms with E-state index < -0.39 is 10.0 Å². The third kappa shape index (κ3) is 2.71. The number of hydrogen-bond donors (Lipinski definition) is 0. The molecule has 0 N–H and O–H groups in total. The number of sulfonamides is 1. The molecule has 0 bridgehead atoms. The highest BCUT2D eigenvalue weighted by atomic mass is 32.2. The molecule has 1 heterocycles. The fourth-order valence-electron chi connectivity index (χ4n) is 3.10. The maximum Gasteiger partial charge on any atom is 0.265 e. The highest BCUT2D eigenvalue weighted by Gasteiger charge is 2.32. The van der Waals surface area contributed by atoms with Crippen LogP contribution in [0.3, 0.4) is 0 Å². The van der Waals surface area contributed by atoms with Crippen LogP contribution in [-0.4, -0.2) is 28.7 Å². The summed E-state index contributed by atoms with van der Waals surface area (Å²) in [4.78, 5) is 0.331. The average Bonchev–Trinajstić information content (AvgIpc) is 2.53. The molecule has 3 rings (SSSR count). The number of nitrogens with zero attached hydrogens (tertiary/aromatic N) is 1. The Morgan fingerprint density at radius 3 is 2.38 bits per heavy atom. The molecular formula is C18H21NO4S. The molecule has 0 amide bonds. The van der Waals surface area contributed by atoms with Crippen LogP contribution in [0.25, 0.3) is 0 Å². The predicted molar refractivity (Wildman–Crippen MR) is 93.7 cm³/mol. The predicted octanol–water partition coefficient (Wildman–Crippen LogP) is 3.21. The van der Waals surface area contributed by atoms with Gasteiger partial charge >= 0.3 is 0 Å². The van der Waals surface area contributed by atoms with Gasteiger partial charge in [-0.3, -0.25) is 4.31 Å². The summed E-state index contributed by atoms with van der Waals surface area (Å²) in [6, 6.07) is 9.08. The summed E-state index contributed by atoms with van der Waals surface area (Å²) in [6.07, 6.45) is 0. The zero-order valence-corrected chi connectivity index (χ0v) is 15.1. The summed E-state index contributed by atoms with van der Waals surface area (Å²) in [5.41, 5.74) is 2.93. The van der Waals surface area contributed by atoms with Gasteiger partial charge in [0, 0.05) is 0 Å². The molecule has 5 nitrogen and oxygen atoms in total. The number of hydrogen-bond acceptors (Lipinski definition) is 4. The molecule has 0 radical (unpaired) electrons. The van der Waals surface area contributed by atoms with E-state index in [0.717, 1.165) is 5.56 Å². The van der Waals surface area contributed by atoms with Gasteiger partial charge in [-0.2, -0.15) is 0 Å². The Bertz CT molecular complexity index is 867. The Morgan fingerprint density at radius 1 is 1.08 bits per heavy atom. The summed E-state index contributed by atoms with van der Waals surface area (Å²) in [5.74, 6) is 1.25. The van der Waals surface area contributed by atoms with Gasteiger partial charge in [-0.1, -0.05) is 6.07 Å². The van der Waals surface area contributed by atoms with Crippen molar-refractivity contribution in [3.8, 4) is 11.5 Å². The molecule has 1 aliphatic heterocycles. The maximum absolute atomic E-state index is 13.3. The number of benzene rings is 2. The number of methoxy groups -OCH3 is 1. The van der Waals surface area contributed by atoms with E-state index in [1.165, 1.54) is 4.31 Å². The standard InChI is InChI=1S/C18H21NO4S/c1-12-5-6-17-16(9-12)19(7-8-23-17)24(20,21)18-13(2)10-15(22-4)11-14(18)3/h5-6,9-11H,7-8H2,1-4H3. The Morgan fingerprint density at radius 2 is 1.75 bits per heavy atom. The van der Waals surface area contributed by atoms with Crippen LogP contribution < -0.4 is 13.8 Å². The normalized spacial score (nSPS) is 14.1. The molecule has 6 heteroatoms. The monoisotopic (exact) mass is 347 g/mol. The van der Waals surface area contributed by atoms with Gasteiger partial charge in [-0.15, -0.1) is 0 Å². The molecule has 24 heavy (non-hydrogen) atoms. The summed E-state index contributed by atoms with van der Waals surface area (Å²) >= 11 is 0. The molecule has 0 atom stereocenters. The van der Waals surface area contributed by atoms with Crippen LogP contribution in [0.15, 0.2) is 35.2 Å². The van der Waals surface area contributed by atoms with Gasteiger partial charge < -0.3 is 9.47 Å². The van der Waals surface area contributed by atoms with Crippen LogP contribution in [0.5, 0.6) is 11.5 Å². The SMILES string of the molecule is COc1cc(C)c(S(=O)(=O)N2CCOc3ccc(C)cc32)c(C)c1. The molecule has 2 aromatic carbocycles. The average molecular weight is 347 g/mol. The van der Waals surface area contributed by atoms with Crippen molar-refractivity contribution in [2.45, 2.75) is 25.7 Å². The fourth-order valence-corrected chi connectivity index (χ4v) is 4.97. The van der Waals surface area contributed by atoms with Crippen molar-refractivity contribution in [3.05, 3.63) is 47.0 Å². The number of anilines is 1. The van der Waals surface area contributed by atoms with Crippen molar-refractivity contribution in [1.82, 2.24) is 0 Å². The highest BCUT2D eigenvalue weighted by molar-refractivity contribution is 7.93. The minimum absolute atomic E-state index is 0.295. The third-order valence-electron chi connectivity index (χ3n) is 4.15. The van der Waals surface area contributed by atoms with E-state index in [1.807, 2.05) is 25.1 Å². The zero-order valence-electron chi connectivity index (χ0n) is 14.3. The Hall–Kier alpha value is -2.21. The van der Waals surface area contributed by atoms with Crippen LogP contribution in [0.4, 0.5) is 5.69 Å². The fraction of sp³-hybridized carbons (Fsp3) is 0.333. The van der Waals surface area contributed by atoms with Gasteiger partial charge in [-0.05, 0) is 61.7 Å². The number of rotatable bonds is 3. The second kappa shape index (κ2) is 6.02. The number of aryl methyl sites for hydroxylation is 3. The van der Waals surface area contributed by atoms with Crippen LogP contribution >= 0.6 is 0 Å². The van der Waals surface area contributed by atoms with Crippen molar-refractivity contribution in [3.63, 3.8) is 0 Å². The van der Waals surface area contributed by atoms with Crippen LogP contribution in [0, 0.1) is 20.8 Å². The van der Waals surface area contributed by atoms with Crippen molar-refractivity contribution in [2.75, 3.05) is 24.6 Å². The summed E-state index contributed by atoms with van der Waals surface area (Å²) < 4.78 is 39.0. The molecule has 0 aliphatic carbocycles. The van der Waals surface area contributed by atoms with E-state index in [4.69, 9.17) is 9.47 Å². The quantitative estimate of drug-likeness (QED) is 0.855. The van der Waals surface area contributed by atoms with Gasteiger partial charge in [0.2, 0.25) is 0 Å². The van der Waals surface area contributed by atoms with E-state index in [0.29, 0.717) is 46.4 Å². The van der Waals surface area contributed by atoms with Gasteiger partial charge in [0.25, 0.3) is 10.0 Å². The van der Waals surface area contributed by atoms with Crippen LogP contribution in [0.1, 0.15) is 16.7 Å².